The number of carbonyl (C=O) groups is 2. The van der Waals surface area contributed by atoms with Crippen LogP contribution in [-0.2, 0) is 46.9 Å². The van der Waals surface area contributed by atoms with Gasteiger partial charge in [0.1, 0.15) is 17.5 Å². The highest BCUT2D eigenvalue weighted by Crippen LogP contribution is 2.38. The quantitative estimate of drug-likeness (QED) is 0.123. The summed E-state index contributed by atoms with van der Waals surface area (Å²) in [6, 6.07) is 19.8. The molecule has 0 unspecified atom stereocenters. The van der Waals surface area contributed by atoms with Crippen LogP contribution in [-0.4, -0.2) is 80.1 Å². The van der Waals surface area contributed by atoms with Crippen molar-refractivity contribution >= 4 is 22.2 Å². The molecule has 13 heteroatoms. The van der Waals surface area contributed by atoms with Gasteiger partial charge in [0.05, 0.1) is 43.9 Å². The normalized spacial score (nSPS) is 18.0. The third-order valence-electron chi connectivity index (χ3n) is 9.50. The first kappa shape index (κ1) is 40.5. The molecule has 2 fully saturated rings. The lowest BCUT2D eigenvalue weighted by molar-refractivity contribution is -0.180. The van der Waals surface area contributed by atoms with Crippen LogP contribution in [0.25, 0.3) is 11.1 Å². The highest BCUT2D eigenvalue weighted by atomic mass is 32.2. The first-order valence-corrected chi connectivity index (χ1v) is 20.7. The molecule has 2 heterocycles. The zero-order valence-electron chi connectivity index (χ0n) is 32.6. The maximum atomic E-state index is 13.9. The van der Waals surface area contributed by atoms with Gasteiger partial charge in [-0.25, -0.2) is 18.0 Å². The predicted octanol–water partition coefficient (Wildman–Crippen LogP) is 8.37. The monoisotopic (exact) mass is 778 g/mol. The molecule has 1 aliphatic carbocycles. The minimum Gasteiger partial charge on any atom is -0.463 e. The second-order valence-electron chi connectivity index (χ2n) is 15.8. The molecule has 298 valence electrons. The first-order valence-electron chi connectivity index (χ1n) is 19.2. The van der Waals surface area contributed by atoms with Crippen molar-refractivity contribution in [2.24, 2.45) is 0 Å². The van der Waals surface area contributed by atoms with Gasteiger partial charge in [-0.15, -0.1) is 0 Å². The maximum absolute atomic E-state index is 13.9. The molecule has 0 radical (unpaired) electrons. The molecule has 1 atom stereocenters. The van der Waals surface area contributed by atoms with Crippen LogP contribution in [0.1, 0.15) is 95.9 Å². The number of fused-ring (bicyclic) bond motifs is 1. The standard InChI is InChI=1S/C42H54N2O10S/c1-41(2,3)54-40(46)44(34-18-19-34)55(47,48)38-16-9-8-15-35(38)31-14-12-13-30(25-31)28-50-24-23-49-22-11-7-6-10-21-43-27-37(52-39(43)45)32-17-20-36-33(26-32)29-51-42(4,5)53-36/h8-9,12-17,20,25-26,34,37H,6-7,10-11,18-19,21-24,27-29H2,1-5H3/t37-/m0/s1. The lowest BCUT2D eigenvalue weighted by Gasteiger charge is -2.32. The predicted molar refractivity (Wildman–Crippen MR) is 206 cm³/mol. The topological polar surface area (TPSA) is 130 Å². The number of sulfonamides is 1. The summed E-state index contributed by atoms with van der Waals surface area (Å²) in [5.74, 6) is 0.150. The molecule has 0 bridgehead atoms. The van der Waals surface area contributed by atoms with E-state index >= 15 is 0 Å². The fraction of sp³-hybridized carbons (Fsp3) is 0.524. The second kappa shape index (κ2) is 17.3. The SMILES string of the molecule is CC(C)(C)OC(=O)N(C1CC1)S(=O)(=O)c1ccccc1-c1cccc(COCCOCCCCCCN2C[C@@H](c3ccc4c(c3)COC(C)(C)O4)OC2=O)c1. The molecule has 6 rings (SSSR count). The molecule has 2 amide bonds. The number of cyclic esters (lactones) is 1. The minimum absolute atomic E-state index is 0.0593. The summed E-state index contributed by atoms with van der Waals surface area (Å²) in [4.78, 5) is 27.4. The molecule has 1 saturated carbocycles. The van der Waals surface area contributed by atoms with Crippen LogP contribution < -0.4 is 4.74 Å². The van der Waals surface area contributed by atoms with Gasteiger partial charge in [0.25, 0.3) is 10.0 Å². The Labute approximate surface area is 325 Å². The highest BCUT2D eigenvalue weighted by Gasteiger charge is 2.44. The van der Waals surface area contributed by atoms with E-state index in [1.54, 1.807) is 43.9 Å². The molecule has 1 saturated heterocycles. The summed E-state index contributed by atoms with van der Waals surface area (Å²) in [6.45, 7) is 12.4. The Morgan fingerprint density at radius 1 is 0.927 bits per heavy atom. The second-order valence-corrected chi connectivity index (χ2v) is 17.5. The minimum atomic E-state index is -4.18. The third kappa shape index (κ3) is 10.8. The molecule has 3 aliphatic rings. The van der Waals surface area contributed by atoms with Gasteiger partial charge in [0, 0.05) is 38.1 Å². The summed E-state index contributed by atoms with van der Waals surface area (Å²) < 4.78 is 63.2. The van der Waals surface area contributed by atoms with Crippen LogP contribution in [0.15, 0.2) is 71.6 Å². The van der Waals surface area contributed by atoms with E-state index in [2.05, 4.69) is 0 Å². The Bertz CT molecular complexity index is 1920. The number of rotatable bonds is 17. The summed E-state index contributed by atoms with van der Waals surface area (Å²) in [5, 5.41) is 0. The summed E-state index contributed by atoms with van der Waals surface area (Å²) in [7, 11) is -4.18. The van der Waals surface area contributed by atoms with Crippen molar-refractivity contribution < 1.29 is 46.4 Å². The van der Waals surface area contributed by atoms with E-state index in [0.717, 1.165) is 52.4 Å². The average Bonchev–Trinajstić information content (AvgIpc) is 3.89. The smallest absolute Gasteiger partial charge is 0.424 e. The number of hydrogen-bond acceptors (Lipinski definition) is 10. The zero-order valence-corrected chi connectivity index (χ0v) is 33.4. The first-order chi connectivity index (χ1) is 26.2. The van der Waals surface area contributed by atoms with Gasteiger partial charge in [0.2, 0.25) is 5.79 Å². The van der Waals surface area contributed by atoms with Gasteiger partial charge >= 0.3 is 12.2 Å². The number of amides is 2. The molecule has 0 aromatic heterocycles. The van der Waals surface area contributed by atoms with Crippen molar-refractivity contribution in [3.8, 4) is 16.9 Å². The van der Waals surface area contributed by atoms with Crippen molar-refractivity contribution in [1.82, 2.24) is 9.21 Å². The summed E-state index contributed by atoms with van der Waals surface area (Å²) in [6.07, 6.45) is 3.58. The Hall–Kier alpha value is -4.17. The number of unbranched alkanes of at least 4 members (excludes halogenated alkanes) is 3. The van der Waals surface area contributed by atoms with Gasteiger partial charge in [-0.05, 0) is 87.4 Å². The molecule has 0 spiro atoms. The molecule has 2 aliphatic heterocycles. The van der Waals surface area contributed by atoms with E-state index in [4.69, 9.17) is 28.4 Å². The van der Waals surface area contributed by atoms with Crippen molar-refractivity contribution in [2.45, 2.75) is 115 Å². The van der Waals surface area contributed by atoms with Gasteiger partial charge in [-0.3, -0.25) is 0 Å². The molecular weight excluding hydrogens is 725 g/mol. The van der Waals surface area contributed by atoms with Crippen molar-refractivity contribution in [1.29, 1.82) is 0 Å². The Balaban J connectivity index is 0.879. The van der Waals surface area contributed by atoms with Crippen LogP contribution in [0.3, 0.4) is 0 Å². The summed E-state index contributed by atoms with van der Waals surface area (Å²) >= 11 is 0. The van der Waals surface area contributed by atoms with Gasteiger partial charge < -0.3 is 33.3 Å². The third-order valence-corrected chi connectivity index (χ3v) is 11.4. The van der Waals surface area contributed by atoms with E-state index in [1.165, 1.54) is 6.07 Å². The van der Waals surface area contributed by atoms with Crippen molar-refractivity contribution in [3.63, 3.8) is 0 Å². The van der Waals surface area contributed by atoms with Gasteiger partial charge in [-0.2, -0.15) is 4.31 Å². The van der Waals surface area contributed by atoms with Gasteiger partial charge in [0.15, 0.2) is 0 Å². The highest BCUT2D eigenvalue weighted by molar-refractivity contribution is 7.89. The number of nitrogens with zero attached hydrogens (tertiary/aromatic N) is 2. The van der Waals surface area contributed by atoms with Gasteiger partial charge in [-0.1, -0.05) is 55.3 Å². The molecule has 55 heavy (non-hydrogen) atoms. The number of benzene rings is 3. The van der Waals surface area contributed by atoms with E-state index < -0.39 is 33.5 Å². The lowest BCUT2D eigenvalue weighted by Crippen LogP contribution is -2.42. The van der Waals surface area contributed by atoms with E-state index in [0.29, 0.717) is 70.1 Å². The largest absolute Gasteiger partial charge is 0.463 e. The van der Waals surface area contributed by atoms with Crippen LogP contribution in [0.4, 0.5) is 9.59 Å². The van der Waals surface area contributed by atoms with Crippen molar-refractivity contribution in [3.05, 3.63) is 83.4 Å². The van der Waals surface area contributed by atoms with Crippen LogP contribution >= 0.6 is 0 Å². The summed E-state index contributed by atoms with van der Waals surface area (Å²) in [5.41, 5.74) is 3.19. The molecular formula is C42H54N2O10S. The average molecular weight is 779 g/mol. The Morgan fingerprint density at radius 3 is 2.47 bits per heavy atom. The number of carbonyl (C=O) groups excluding carboxylic acids is 2. The number of hydrogen-bond donors (Lipinski definition) is 0. The van der Waals surface area contributed by atoms with E-state index in [-0.39, 0.29) is 17.1 Å². The van der Waals surface area contributed by atoms with Crippen LogP contribution in [0, 0.1) is 0 Å². The van der Waals surface area contributed by atoms with Crippen molar-refractivity contribution in [2.75, 3.05) is 32.9 Å². The van der Waals surface area contributed by atoms with Crippen LogP contribution in [0.5, 0.6) is 5.75 Å². The van der Waals surface area contributed by atoms with E-state index in [1.807, 2.05) is 56.3 Å². The molecule has 3 aromatic carbocycles. The molecule has 12 nitrogen and oxygen atoms in total. The Kier molecular flexibility index (Phi) is 12.7. The fourth-order valence-corrected chi connectivity index (χ4v) is 8.38. The van der Waals surface area contributed by atoms with E-state index in [9.17, 15) is 18.0 Å². The number of ether oxygens (including phenoxy) is 6. The van der Waals surface area contributed by atoms with Crippen LogP contribution in [0.2, 0.25) is 0 Å². The maximum Gasteiger partial charge on any atom is 0.424 e. The fourth-order valence-electron chi connectivity index (χ4n) is 6.62. The lowest BCUT2D eigenvalue weighted by atomic mass is 10.0. The zero-order chi connectivity index (χ0) is 39.2. The Morgan fingerprint density at radius 2 is 1.69 bits per heavy atom. The molecule has 0 N–H and O–H groups in total. The molecule has 3 aromatic rings.